The van der Waals surface area contributed by atoms with E-state index in [4.69, 9.17) is 9.26 Å². The van der Waals surface area contributed by atoms with Crippen LogP contribution in [-0.2, 0) is 6.54 Å². The lowest BCUT2D eigenvalue weighted by Gasteiger charge is -2.04. The van der Waals surface area contributed by atoms with E-state index in [1.54, 1.807) is 31.5 Å². The molecule has 0 saturated heterocycles. The van der Waals surface area contributed by atoms with Gasteiger partial charge in [0.2, 0.25) is 0 Å². The summed E-state index contributed by atoms with van der Waals surface area (Å²) in [4.78, 5) is 12.4. The molecule has 0 aliphatic rings. The Kier molecular flexibility index (Phi) is 4.88. The van der Waals surface area contributed by atoms with Crippen molar-refractivity contribution in [1.82, 2.24) is 20.7 Å². The lowest BCUT2D eigenvalue weighted by molar-refractivity contribution is 0.0950. The number of H-pyrrole nitrogens is 1. The number of amides is 1. The molecule has 1 amide bonds. The molecule has 7 nitrogen and oxygen atoms in total. The predicted octanol–water partition coefficient (Wildman–Crippen LogP) is 3.67. The zero-order valence-corrected chi connectivity index (χ0v) is 15.2. The summed E-state index contributed by atoms with van der Waals surface area (Å²) in [5.74, 6) is 1.18. The van der Waals surface area contributed by atoms with Crippen molar-refractivity contribution in [3.63, 3.8) is 0 Å². The van der Waals surface area contributed by atoms with Crippen LogP contribution in [0.25, 0.3) is 22.6 Å². The molecular formula is C21H18N4O3. The molecule has 0 saturated carbocycles. The van der Waals surface area contributed by atoms with Crippen LogP contribution in [-0.4, -0.2) is 28.4 Å². The zero-order chi connectivity index (χ0) is 19.3. The number of hydrogen-bond donors (Lipinski definition) is 2. The van der Waals surface area contributed by atoms with Gasteiger partial charge in [-0.15, -0.1) is 0 Å². The number of aromatic nitrogens is 3. The van der Waals surface area contributed by atoms with Crippen molar-refractivity contribution in [3.05, 3.63) is 78.1 Å². The quantitative estimate of drug-likeness (QED) is 0.537. The van der Waals surface area contributed by atoms with Crippen LogP contribution in [0, 0.1) is 0 Å². The van der Waals surface area contributed by atoms with Crippen LogP contribution in [0.2, 0.25) is 0 Å². The molecule has 0 unspecified atom stereocenters. The molecule has 28 heavy (non-hydrogen) atoms. The summed E-state index contributed by atoms with van der Waals surface area (Å²) in [5, 5.41) is 13.7. The van der Waals surface area contributed by atoms with Gasteiger partial charge in [0.25, 0.3) is 5.91 Å². The normalized spacial score (nSPS) is 10.6. The van der Waals surface area contributed by atoms with Gasteiger partial charge in [0.15, 0.2) is 5.76 Å². The second-order valence-electron chi connectivity index (χ2n) is 6.14. The van der Waals surface area contributed by atoms with Crippen LogP contribution >= 0.6 is 0 Å². The molecule has 2 N–H and O–H groups in total. The van der Waals surface area contributed by atoms with E-state index in [1.807, 2.05) is 42.5 Å². The van der Waals surface area contributed by atoms with Crippen LogP contribution < -0.4 is 10.1 Å². The Morgan fingerprint density at radius 2 is 1.96 bits per heavy atom. The van der Waals surface area contributed by atoms with Gasteiger partial charge in [0, 0.05) is 23.4 Å². The van der Waals surface area contributed by atoms with Crippen molar-refractivity contribution in [2.75, 3.05) is 7.11 Å². The van der Waals surface area contributed by atoms with Crippen molar-refractivity contribution in [2.45, 2.75) is 6.54 Å². The minimum atomic E-state index is -0.179. The maximum Gasteiger partial charge on any atom is 0.251 e. The van der Waals surface area contributed by atoms with Gasteiger partial charge in [-0.05, 0) is 35.9 Å². The van der Waals surface area contributed by atoms with E-state index in [-0.39, 0.29) is 12.5 Å². The van der Waals surface area contributed by atoms with E-state index < -0.39 is 0 Å². The van der Waals surface area contributed by atoms with Crippen molar-refractivity contribution < 1.29 is 14.1 Å². The molecule has 4 aromatic rings. The van der Waals surface area contributed by atoms with Crippen LogP contribution in [0.15, 0.2) is 71.4 Å². The molecular weight excluding hydrogens is 356 g/mol. The highest BCUT2D eigenvalue weighted by molar-refractivity contribution is 5.94. The Morgan fingerprint density at radius 1 is 1.11 bits per heavy atom. The topological polar surface area (TPSA) is 93.0 Å². The molecule has 4 rings (SSSR count). The minimum absolute atomic E-state index is 0.179. The minimum Gasteiger partial charge on any atom is -0.497 e. The highest BCUT2D eigenvalue weighted by atomic mass is 16.5. The van der Waals surface area contributed by atoms with Gasteiger partial charge in [-0.2, -0.15) is 5.10 Å². The Morgan fingerprint density at radius 3 is 2.71 bits per heavy atom. The van der Waals surface area contributed by atoms with Crippen LogP contribution in [0.3, 0.4) is 0 Å². The third-order valence-corrected chi connectivity index (χ3v) is 4.30. The first-order valence-corrected chi connectivity index (χ1v) is 8.71. The van der Waals surface area contributed by atoms with E-state index in [2.05, 4.69) is 20.7 Å². The molecule has 0 spiro atoms. The average molecular weight is 374 g/mol. The maximum atomic E-state index is 12.4. The number of hydrogen-bond acceptors (Lipinski definition) is 5. The lowest BCUT2D eigenvalue weighted by Crippen LogP contribution is -2.22. The number of nitrogens with zero attached hydrogens (tertiary/aromatic N) is 2. The van der Waals surface area contributed by atoms with Gasteiger partial charge >= 0.3 is 0 Å². The summed E-state index contributed by atoms with van der Waals surface area (Å²) >= 11 is 0. The first-order valence-electron chi connectivity index (χ1n) is 8.71. The van der Waals surface area contributed by atoms with Crippen LogP contribution in [0.5, 0.6) is 5.75 Å². The molecule has 0 atom stereocenters. The predicted molar refractivity (Wildman–Crippen MR) is 104 cm³/mol. The highest BCUT2D eigenvalue weighted by Crippen LogP contribution is 2.24. The molecule has 2 aromatic heterocycles. The van der Waals surface area contributed by atoms with Gasteiger partial charge in [-0.3, -0.25) is 9.89 Å². The number of nitrogens with one attached hydrogen (secondary N) is 2. The lowest BCUT2D eigenvalue weighted by atomic mass is 10.1. The second kappa shape index (κ2) is 7.79. The fourth-order valence-electron chi connectivity index (χ4n) is 2.80. The van der Waals surface area contributed by atoms with Crippen molar-refractivity contribution in [1.29, 1.82) is 0 Å². The molecule has 0 radical (unpaired) electrons. The summed E-state index contributed by atoms with van der Waals surface area (Å²) < 4.78 is 10.6. The largest absolute Gasteiger partial charge is 0.497 e. The van der Waals surface area contributed by atoms with Crippen molar-refractivity contribution >= 4 is 5.91 Å². The second-order valence-corrected chi connectivity index (χ2v) is 6.14. The standard InChI is InChI=1S/C21H18N4O3/c1-27-18-4-2-3-16(11-18)20-12-17(25-28-20)13-22-21(26)15-7-5-14(6-8-15)19-9-10-23-24-19/h2-12H,13H2,1H3,(H,22,26)(H,23,24). The Balaban J connectivity index is 1.39. The third kappa shape index (κ3) is 3.78. The number of aromatic amines is 1. The first kappa shape index (κ1) is 17.5. The van der Waals surface area contributed by atoms with E-state index in [0.29, 0.717) is 17.0 Å². The first-order chi connectivity index (χ1) is 13.7. The average Bonchev–Trinajstić information content (AvgIpc) is 3.44. The number of carbonyl (C=O) groups excluding carboxylic acids is 1. The fraction of sp³-hybridized carbons (Fsp3) is 0.0952. The van der Waals surface area contributed by atoms with Crippen molar-refractivity contribution in [2.24, 2.45) is 0 Å². The SMILES string of the molecule is COc1cccc(-c2cc(CNC(=O)c3ccc(-c4ccn[nH]4)cc3)no2)c1. The molecule has 0 fully saturated rings. The summed E-state index contributed by atoms with van der Waals surface area (Å²) in [5.41, 5.74) is 3.94. The summed E-state index contributed by atoms with van der Waals surface area (Å²) in [6.07, 6.45) is 1.69. The maximum absolute atomic E-state index is 12.4. The van der Waals surface area contributed by atoms with Gasteiger partial charge in [0.1, 0.15) is 11.4 Å². The van der Waals surface area contributed by atoms with Gasteiger partial charge in [-0.1, -0.05) is 29.4 Å². The third-order valence-electron chi connectivity index (χ3n) is 4.30. The van der Waals surface area contributed by atoms with Crippen LogP contribution in [0.4, 0.5) is 0 Å². The number of carbonyl (C=O) groups is 1. The van der Waals surface area contributed by atoms with E-state index >= 15 is 0 Å². The molecule has 140 valence electrons. The zero-order valence-electron chi connectivity index (χ0n) is 15.2. The number of rotatable bonds is 6. The van der Waals surface area contributed by atoms with E-state index in [1.165, 1.54) is 0 Å². The number of ether oxygens (including phenoxy) is 1. The van der Waals surface area contributed by atoms with Gasteiger partial charge < -0.3 is 14.6 Å². The number of benzene rings is 2. The molecule has 0 bridgehead atoms. The molecule has 7 heteroatoms. The van der Waals surface area contributed by atoms with Gasteiger partial charge in [0.05, 0.1) is 19.3 Å². The summed E-state index contributed by atoms with van der Waals surface area (Å²) in [6.45, 7) is 0.272. The molecule has 2 aromatic carbocycles. The van der Waals surface area contributed by atoms with Crippen LogP contribution in [0.1, 0.15) is 16.1 Å². The Bertz CT molecular complexity index is 1070. The van der Waals surface area contributed by atoms with E-state index in [9.17, 15) is 4.79 Å². The number of methoxy groups -OCH3 is 1. The fourth-order valence-corrected chi connectivity index (χ4v) is 2.80. The van der Waals surface area contributed by atoms with Crippen molar-refractivity contribution in [3.8, 4) is 28.3 Å². The molecule has 2 heterocycles. The summed E-state index contributed by atoms with van der Waals surface area (Å²) in [6, 6.07) is 18.5. The monoisotopic (exact) mass is 374 g/mol. The smallest absolute Gasteiger partial charge is 0.251 e. The molecule has 0 aliphatic heterocycles. The van der Waals surface area contributed by atoms with Gasteiger partial charge in [-0.25, -0.2) is 0 Å². The molecule has 0 aliphatic carbocycles. The Hall–Kier alpha value is -3.87. The highest BCUT2D eigenvalue weighted by Gasteiger charge is 2.10. The summed E-state index contributed by atoms with van der Waals surface area (Å²) in [7, 11) is 1.61. The Labute approximate surface area is 161 Å². The van der Waals surface area contributed by atoms with E-state index in [0.717, 1.165) is 22.6 Å².